The third kappa shape index (κ3) is 0.852. The van der Waals surface area contributed by atoms with Crippen molar-refractivity contribution < 1.29 is 0 Å². The predicted molar refractivity (Wildman–Crippen MR) is 40.0 cm³/mol. The third-order valence-electron chi connectivity index (χ3n) is 2.87. The van der Waals surface area contributed by atoms with E-state index >= 15 is 0 Å². The van der Waals surface area contributed by atoms with Crippen LogP contribution in [0.2, 0.25) is 0 Å². The summed E-state index contributed by atoms with van der Waals surface area (Å²) in [5.41, 5.74) is 0.578. The zero-order valence-corrected chi connectivity index (χ0v) is 6.49. The summed E-state index contributed by atoms with van der Waals surface area (Å²) >= 11 is 0. The zero-order chi connectivity index (χ0) is 7.12. The SMILES string of the molecule is C#CC(C)(C)C1(C)CC1. The number of hydrogen-bond donors (Lipinski definition) is 0. The molecule has 0 aromatic heterocycles. The molecule has 1 saturated carbocycles. The quantitative estimate of drug-likeness (QED) is 0.469. The van der Waals surface area contributed by atoms with Gasteiger partial charge in [0.2, 0.25) is 0 Å². The highest BCUT2D eigenvalue weighted by atomic mass is 14.5. The van der Waals surface area contributed by atoms with Gasteiger partial charge in [-0.3, -0.25) is 0 Å². The van der Waals surface area contributed by atoms with Crippen molar-refractivity contribution in [2.45, 2.75) is 33.6 Å². The Bertz CT molecular complexity index is 153. The maximum absolute atomic E-state index is 5.38. The van der Waals surface area contributed by atoms with Crippen molar-refractivity contribution >= 4 is 0 Å². The fourth-order valence-electron chi connectivity index (χ4n) is 0.987. The maximum Gasteiger partial charge on any atom is 0.0309 e. The van der Waals surface area contributed by atoms with Crippen molar-refractivity contribution in [3.05, 3.63) is 0 Å². The lowest BCUT2D eigenvalue weighted by atomic mass is 9.78. The van der Waals surface area contributed by atoms with Gasteiger partial charge in [-0.1, -0.05) is 12.8 Å². The molecule has 0 heteroatoms. The van der Waals surface area contributed by atoms with Gasteiger partial charge in [-0.05, 0) is 32.1 Å². The first kappa shape index (κ1) is 6.68. The van der Waals surface area contributed by atoms with Crippen molar-refractivity contribution in [2.75, 3.05) is 0 Å². The Balaban J connectivity index is 2.73. The van der Waals surface area contributed by atoms with E-state index in [1.807, 2.05) is 0 Å². The molecular formula is C9H14. The molecule has 0 unspecified atom stereocenters. The van der Waals surface area contributed by atoms with Gasteiger partial charge in [0.15, 0.2) is 0 Å². The van der Waals surface area contributed by atoms with E-state index in [1.54, 1.807) is 0 Å². The lowest BCUT2D eigenvalue weighted by Gasteiger charge is -2.25. The molecule has 0 atom stereocenters. The first-order valence-corrected chi connectivity index (χ1v) is 3.50. The fourth-order valence-corrected chi connectivity index (χ4v) is 0.987. The summed E-state index contributed by atoms with van der Waals surface area (Å²) in [5, 5.41) is 0. The second-order valence-corrected chi connectivity index (χ2v) is 3.83. The molecule has 0 saturated heterocycles. The predicted octanol–water partition coefficient (Wildman–Crippen LogP) is 2.45. The minimum atomic E-state index is 0.118. The summed E-state index contributed by atoms with van der Waals surface area (Å²) < 4.78 is 0. The normalized spacial score (nSPS) is 22.9. The summed E-state index contributed by atoms with van der Waals surface area (Å²) in [4.78, 5) is 0. The van der Waals surface area contributed by atoms with Crippen LogP contribution in [0.3, 0.4) is 0 Å². The molecule has 0 amide bonds. The second kappa shape index (κ2) is 1.53. The van der Waals surface area contributed by atoms with Crippen molar-refractivity contribution in [1.82, 2.24) is 0 Å². The van der Waals surface area contributed by atoms with E-state index in [-0.39, 0.29) is 5.41 Å². The average Bonchev–Trinajstić information content (AvgIpc) is 2.49. The summed E-state index contributed by atoms with van der Waals surface area (Å²) in [6, 6.07) is 0. The van der Waals surface area contributed by atoms with Crippen LogP contribution in [0, 0.1) is 23.2 Å². The summed E-state index contributed by atoms with van der Waals surface area (Å²) in [6.07, 6.45) is 8.00. The minimum absolute atomic E-state index is 0.118. The topological polar surface area (TPSA) is 0 Å². The monoisotopic (exact) mass is 122 g/mol. The highest BCUT2D eigenvalue weighted by Gasteiger charge is 2.49. The Kier molecular flexibility index (Phi) is 1.14. The fraction of sp³-hybridized carbons (Fsp3) is 0.778. The smallest absolute Gasteiger partial charge is 0.0309 e. The van der Waals surface area contributed by atoms with Crippen LogP contribution < -0.4 is 0 Å². The molecule has 0 spiro atoms. The van der Waals surface area contributed by atoms with Crippen molar-refractivity contribution in [2.24, 2.45) is 10.8 Å². The van der Waals surface area contributed by atoms with Crippen molar-refractivity contribution in [1.29, 1.82) is 0 Å². The molecule has 9 heavy (non-hydrogen) atoms. The largest absolute Gasteiger partial charge is 0.120 e. The average molecular weight is 122 g/mol. The van der Waals surface area contributed by atoms with Crippen LogP contribution in [0.5, 0.6) is 0 Å². The van der Waals surface area contributed by atoms with E-state index in [1.165, 1.54) is 12.8 Å². The van der Waals surface area contributed by atoms with E-state index in [0.29, 0.717) is 5.41 Å². The molecule has 0 aromatic rings. The highest BCUT2D eigenvalue weighted by Crippen LogP contribution is 2.57. The summed E-state index contributed by atoms with van der Waals surface area (Å²) in [7, 11) is 0. The van der Waals surface area contributed by atoms with Crippen LogP contribution in [0.25, 0.3) is 0 Å². The molecule has 50 valence electrons. The Morgan fingerprint density at radius 1 is 1.44 bits per heavy atom. The van der Waals surface area contributed by atoms with Gasteiger partial charge >= 0.3 is 0 Å². The maximum atomic E-state index is 5.38. The van der Waals surface area contributed by atoms with E-state index in [0.717, 1.165) is 0 Å². The van der Waals surface area contributed by atoms with Crippen molar-refractivity contribution in [3.63, 3.8) is 0 Å². The van der Waals surface area contributed by atoms with E-state index in [9.17, 15) is 0 Å². The van der Waals surface area contributed by atoms with E-state index < -0.39 is 0 Å². The molecular weight excluding hydrogens is 108 g/mol. The molecule has 0 aromatic carbocycles. The lowest BCUT2D eigenvalue weighted by molar-refractivity contribution is 0.298. The van der Waals surface area contributed by atoms with E-state index in [2.05, 4.69) is 26.7 Å². The standard InChI is InChI=1S/C9H14/c1-5-8(2,3)9(4)6-7-9/h1H,6-7H2,2-4H3. The van der Waals surface area contributed by atoms with Gasteiger partial charge in [-0.25, -0.2) is 0 Å². The van der Waals surface area contributed by atoms with Crippen LogP contribution in [0.15, 0.2) is 0 Å². The second-order valence-electron chi connectivity index (χ2n) is 3.83. The molecule has 1 rings (SSSR count). The van der Waals surface area contributed by atoms with Gasteiger partial charge in [0.25, 0.3) is 0 Å². The van der Waals surface area contributed by atoms with Crippen LogP contribution in [-0.4, -0.2) is 0 Å². The van der Waals surface area contributed by atoms with Gasteiger partial charge in [-0.15, -0.1) is 6.42 Å². The molecule has 0 N–H and O–H groups in total. The van der Waals surface area contributed by atoms with Crippen LogP contribution >= 0.6 is 0 Å². The van der Waals surface area contributed by atoms with Crippen molar-refractivity contribution in [3.8, 4) is 12.3 Å². The van der Waals surface area contributed by atoms with Gasteiger partial charge in [0.05, 0.1) is 0 Å². The molecule has 0 heterocycles. The number of rotatable bonds is 1. The Morgan fingerprint density at radius 2 is 1.89 bits per heavy atom. The molecule has 0 nitrogen and oxygen atoms in total. The Labute approximate surface area is 57.7 Å². The minimum Gasteiger partial charge on any atom is -0.120 e. The molecule has 1 aliphatic carbocycles. The van der Waals surface area contributed by atoms with Crippen LogP contribution in [0.1, 0.15) is 33.6 Å². The molecule has 1 fully saturated rings. The van der Waals surface area contributed by atoms with Gasteiger partial charge in [0, 0.05) is 5.41 Å². The lowest BCUT2D eigenvalue weighted by Crippen LogP contribution is -2.20. The highest BCUT2D eigenvalue weighted by molar-refractivity contribution is 5.14. The number of hydrogen-bond acceptors (Lipinski definition) is 0. The van der Waals surface area contributed by atoms with Gasteiger partial charge < -0.3 is 0 Å². The summed E-state index contributed by atoms with van der Waals surface area (Å²) in [6.45, 7) is 6.58. The van der Waals surface area contributed by atoms with Crippen LogP contribution in [-0.2, 0) is 0 Å². The third-order valence-corrected chi connectivity index (χ3v) is 2.87. The molecule has 1 aliphatic rings. The zero-order valence-electron chi connectivity index (χ0n) is 6.49. The van der Waals surface area contributed by atoms with E-state index in [4.69, 9.17) is 6.42 Å². The summed E-state index contributed by atoms with van der Waals surface area (Å²) in [5.74, 6) is 2.84. The Hall–Kier alpha value is -0.440. The molecule has 0 bridgehead atoms. The van der Waals surface area contributed by atoms with Crippen LogP contribution in [0.4, 0.5) is 0 Å². The number of terminal acetylenes is 1. The first-order chi connectivity index (χ1) is 4.02. The first-order valence-electron chi connectivity index (χ1n) is 3.50. The molecule has 0 aliphatic heterocycles. The van der Waals surface area contributed by atoms with Gasteiger partial charge in [-0.2, -0.15) is 0 Å². The molecule has 0 radical (unpaired) electrons. The van der Waals surface area contributed by atoms with Gasteiger partial charge in [0.1, 0.15) is 0 Å². The Morgan fingerprint density at radius 3 is 2.00 bits per heavy atom.